The quantitative estimate of drug-likeness (QED) is 0.0278. The predicted molar refractivity (Wildman–Crippen MR) is 409 cm³/mol. The second kappa shape index (κ2) is 76.2. The Morgan fingerprint density at radius 3 is 0.681 bits per heavy atom. The van der Waals surface area contributed by atoms with Gasteiger partial charge in [-0.1, -0.05) is 450 Å². The zero-order valence-electron chi connectivity index (χ0n) is 64.5. The molecule has 1 unspecified atom stereocenters. The topological polar surface area (TPSA) is 108 Å². The summed E-state index contributed by atoms with van der Waals surface area (Å²) in [6.45, 7) is 4.55. The molecule has 0 saturated carbocycles. The van der Waals surface area contributed by atoms with Crippen molar-refractivity contribution >= 4 is 19.8 Å². The van der Waals surface area contributed by atoms with E-state index in [2.05, 4.69) is 13.8 Å². The summed E-state index contributed by atoms with van der Waals surface area (Å²) in [5.74, 6) is -0.763. The number of unbranched alkanes of at least 4 members (excludes halogenated alkanes) is 68. The van der Waals surface area contributed by atoms with Gasteiger partial charge in [-0.25, -0.2) is 4.57 Å². The molecule has 0 amide bonds. The molecule has 0 fully saturated rings. The number of rotatable bonds is 82. The molecule has 1 N–H and O–H groups in total. The van der Waals surface area contributed by atoms with Gasteiger partial charge >= 0.3 is 19.8 Å². The third kappa shape index (κ3) is 80.0. The van der Waals surface area contributed by atoms with Crippen molar-refractivity contribution in [2.24, 2.45) is 0 Å². The number of hydrogen-bond donors (Lipinski definition) is 1. The SMILES string of the molecule is CCCCCCCCCCCCCCCCCCCCCCCCCCCCCCCCCCCCCC(=O)OC[C@H](COP(=O)(O)OCC[N+](C)(C)C)OC(=O)CCCCCCCCCCCCCCCCCCCCCCCCCCCCCCCCCCCCC. The molecule has 94 heavy (non-hydrogen) atoms. The number of nitrogens with zero attached hydrogens (tertiary/aromatic N) is 1. The van der Waals surface area contributed by atoms with Crippen LogP contribution < -0.4 is 0 Å². The Bertz CT molecular complexity index is 1540. The van der Waals surface area contributed by atoms with Crippen LogP contribution in [0.5, 0.6) is 0 Å². The van der Waals surface area contributed by atoms with Crippen LogP contribution in [0.15, 0.2) is 0 Å². The highest BCUT2D eigenvalue weighted by molar-refractivity contribution is 7.47. The molecule has 0 spiro atoms. The van der Waals surface area contributed by atoms with Crippen molar-refractivity contribution in [2.45, 2.75) is 482 Å². The van der Waals surface area contributed by atoms with Gasteiger partial charge in [0.2, 0.25) is 0 Å². The molecule has 0 aromatic carbocycles. The normalized spacial score (nSPS) is 12.9. The Hall–Kier alpha value is -0.990. The van der Waals surface area contributed by atoms with Crippen LogP contribution in [0.1, 0.15) is 476 Å². The first-order valence-corrected chi connectivity index (χ1v) is 44.3. The lowest BCUT2D eigenvalue weighted by Gasteiger charge is -2.24. The van der Waals surface area contributed by atoms with E-state index >= 15 is 0 Å². The molecular weight excluding hydrogens is 1180 g/mol. The number of likely N-dealkylation sites (N-methyl/N-ethyl adjacent to an activating group) is 1. The molecule has 0 heterocycles. The number of quaternary nitrogens is 1. The van der Waals surface area contributed by atoms with E-state index in [4.69, 9.17) is 18.5 Å². The van der Waals surface area contributed by atoms with Crippen molar-refractivity contribution in [3.05, 3.63) is 0 Å². The molecule has 0 aliphatic heterocycles. The largest absolute Gasteiger partial charge is 0.472 e. The van der Waals surface area contributed by atoms with Crippen molar-refractivity contribution < 1.29 is 42.1 Å². The van der Waals surface area contributed by atoms with Crippen LogP contribution in [0.3, 0.4) is 0 Å². The summed E-state index contributed by atoms with van der Waals surface area (Å²) >= 11 is 0. The van der Waals surface area contributed by atoms with E-state index in [-0.39, 0.29) is 25.6 Å². The van der Waals surface area contributed by atoms with Gasteiger partial charge in [0.1, 0.15) is 19.8 Å². The summed E-state index contributed by atoms with van der Waals surface area (Å²) in [6, 6.07) is 0. The number of ether oxygens (including phenoxy) is 2. The lowest BCUT2D eigenvalue weighted by molar-refractivity contribution is -0.870. The molecular formula is C84H169NO8P+. The highest BCUT2D eigenvalue weighted by atomic mass is 31.2. The van der Waals surface area contributed by atoms with Gasteiger partial charge in [0.25, 0.3) is 0 Å². The molecule has 0 saturated heterocycles. The van der Waals surface area contributed by atoms with Crippen LogP contribution in [0, 0.1) is 0 Å². The fourth-order valence-corrected chi connectivity index (χ4v) is 14.4. The number of esters is 2. The number of carbonyl (C=O) groups is 2. The Labute approximate surface area is 588 Å². The van der Waals surface area contributed by atoms with E-state index in [9.17, 15) is 19.0 Å². The number of hydrogen-bond acceptors (Lipinski definition) is 7. The Morgan fingerprint density at radius 2 is 0.479 bits per heavy atom. The smallest absolute Gasteiger partial charge is 0.462 e. The van der Waals surface area contributed by atoms with Crippen LogP contribution in [0.2, 0.25) is 0 Å². The van der Waals surface area contributed by atoms with Crippen LogP contribution in [-0.4, -0.2) is 74.9 Å². The van der Waals surface area contributed by atoms with Crippen molar-refractivity contribution in [2.75, 3.05) is 47.5 Å². The first-order valence-electron chi connectivity index (χ1n) is 42.8. The fraction of sp³-hybridized carbons (Fsp3) is 0.976. The first kappa shape index (κ1) is 93.0. The molecule has 0 aromatic rings. The first-order chi connectivity index (χ1) is 46.0. The third-order valence-electron chi connectivity index (χ3n) is 20.1. The average Bonchev–Trinajstić information content (AvgIpc) is 2.35. The Kier molecular flexibility index (Phi) is 75.4. The van der Waals surface area contributed by atoms with Crippen LogP contribution >= 0.6 is 7.82 Å². The van der Waals surface area contributed by atoms with E-state index in [1.807, 2.05) is 21.1 Å². The zero-order valence-corrected chi connectivity index (χ0v) is 65.4. The zero-order chi connectivity index (χ0) is 68.3. The van der Waals surface area contributed by atoms with E-state index in [0.717, 1.165) is 38.5 Å². The monoisotopic (exact) mass is 1350 g/mol. The molecule has 562 valence electrons. The second-order valence-electron chi connectivity index (χ2n) is 30.9. The summed E-state index contributed by atoms with van der Waals surface area (Å²) in [6.07, 6.45) is 95.8. The van der Waals surface area contributed by atoms with Gasteiger partial charge in [-0.05, 0) is 12.8 Å². The van der Waals surface area contributed by atoms with Gasteiger partial charge in [0.15, 0.2) is 6.10 Å². The highest BCUT2D eigenvalue weighted by Gasteiger charge is 2.27. The summed E-state index contributed by atoms with van der Waals surface area (Å²) in [5.41, 5.74) is 0. The van der Waals surface area contributed by atoms with Gasteiger partial charge < -0.3 is 18.9 Å². The van der Waals surface area contributed by atoms with E-state index in [1.165, 1.54) is 411 Å². The average molecular weight is 1350 g/mol. The minimum atomic E-state index is -4.39. The molecule has 10 heteroatoms. The van der Waals surface area contributed by atoms with Gasteiger partial charge in [-0.15, -0.1) is 0 Å². The third-order valence-corrected chi connectivity index (χ3v) is 21.1. The van der Waals surface area contributed by atoms with Gasteiger partial charge in [-0.2, -0.15) is 0 Å². The number of phosphoric acid groups is 1. The van der Waals surface area contributed by atoms with E-state index in [1.54, 1.807) is 0 Å². The van der Waals surface area contributed by atoms with Gasteiger partial charge in [0.05, 0.1) is 27.7 Å². The van der Waals surface area contributed by atoms with Gasteiger partial charge in [0, 0.05) is 12.8 Å². The maximum absolute atomic E-state index is 12.9. The molecule has 0 aromatic heterocycles. The molecule has 0 bridgehead atoms. The molecule has 0 aliphatic rings. The van der Waals surface area contributed by atoms with E-state index < -0.39 is 26.5 Å². The molecule has 0 aliphatic carbocycles. The van der Waals surface area contributed by atoms with E-state index in [0.29, 0.717) is 17.4 Å². The minimum absolute atomic E-state index is 0.0379. The summed E-state index contributed by atoms with van der Waals surface area (Å²) < 4.78 is 34.9. The molecule has 0 radical (unpaired) electrons. The van der Waals surface area contributed by atoms with Crippen molar-refractivity contribution in [3.63, 3.8) is 0 Å². The minimum Gasteiger partial charge on any atom is -0.462 e. The Balaban J connectivity index is 3.85. The van der Waals surface area contributed by atoms with Crippen LogP contribution in [0.4, 0.5) is 0 Å². The predicted octanol–water partition coefficient (Wildman–Crippen LogP) is 28.4. The van der Waals surface area contributed by atoms with Crippen LogP contribution in [0.25, 0.3) is 0 Å². The maximum atomic E-state index is 12.9. The van der Waals surface area contributed by atoms with Crippen molar-refractivity contribution in [1.29, 1.82) is 0 Å². The number of phosphoric ester groups is 1. The van der Waals surface area contributed by atoms with Gasteiger partial charge in [-0.3, -0.25) is 18.6 Å². The van der Waals surface area contributed by atoms with Crippen LogP contribution in [-0.2, 0) is 32.7 Å². The molecule has 0 rings (SSSR count). The molecule has 9 nitrogen and oxygen atoms in total. The summed E-state index contributed by atoms with van der Waals surface area (Å²) in [7, 11) is 1.51. The number of carbonyl (C=O) groups excluding carboxylic acids is 2. The standard InChI is InChI=1S/C84H168NO8P/c1-6-8-10-12-14-16-18-20-22-24-26-28-30-32-34-36-38-40-42-44-46-48-50-52-54-56-58-60-62-64-66-68-70-72-74-76-83(86)90-80-82(81-92-94(88,89)91-79-78-85(3,4)5)93-84(87)77-75-73-71-69-67-65-63-61-59-57-55-53-51-49-47-45-43-41-39-37-35-33-31-29-27-25-23-21-19-17-15-13-11-9-7-2/h82H,6-81H2,1-5H3/p+1/t82-/m1/s1. The van der Waals surface area contributed by atoms with Crippen molar-refractivity contribution in [3.8, 4) is 0 Å². The fourth-order valence-electron chi connectivity index (χ4n) is 13.6. The maximum Gasteiger partial charge on any atom is 0.472 e. The van der Waals surface area contributed by atoms with Crippen molar-refractivity contribution in [1.82, 2.24) is 0 Å². The second-order valence-corrected chi connectivity index (χ2v) is 32.4. The lowest BCUT2D eigenvalue weighted by Crippen LogP contribution is -2.37. The lowest BCUT2D eigenvalue weighted by atomic mass is 10.0. The molecule has 2 atom stereocenters. The summed E-state index contributed by atoms with van der Waals surface area (Å²) in [4.78, 5) is 36.0. The summed E-state index contributed by atoms with van der Waals surface area (Å²) in [5, 5.41) is 0. The highest BCUT2D eigenvalue weighted by Crippen LogP contribution is 2.43. The Morgan fingerprint density at radius 1 is 0.287 bits per heavy atom.